The molecule has 0 saturated heterocycles. The molecule has 2 aromatic carbocycles. The first-order valence-electron chi connectivity index (χ1n) is 8.85. The Balaban J connectivity index is 1.72. The number of carbonyl (C=O) groups excluding carboxylic acids is 2. The summed E-state index contributed by atoms with van der Waals surface area (Å²) in [6, 6.07) is 9.71. The normalized spacial score (nSPS) is 16.6. The Morgan fingerprint density at radius 3 is 2.71 bits per heavy atom. The van der Waals surface area contributed by atoms with E-state index in [1.165, 1.54) is 13.1 Å². The van der Waals surface area contributed by atoms with Crippen molar-refractivity contribution in [2.24, 2.45) is 0 Å². The van der Waals surface area contributed by atoms with Crippen molar-refractivity contribution in [3.8, 4) is 5.75 Å². The molecule has 0 unspecified atom stereocenters. The van der Waals surface area contributed by atoms with Gasteiger partial charge in [0.15, 0.2) is 6.10 Å². The Hall–Kier alpha value is -3.16. The molecule has 2 amide bonds. The minimum Gasteiger partial charge on any atom is -0.477 e. The third-order valence-corrected chi connectivity index (χ3v) is 4.54. The maximum absolute atomic E-state index is 13.9. The summed E-state index contributed by atoms with van der Waals surface area (Å²) in [6.07, 6.45) is -0.750. The zero-order valence-corrected chi connectivity index (χ0v) is 15.5. The molecule has 0 fully saturated rings. The van der Waals surface area contributed by atoms with E-state index in [-0.39, 0.29) is 30.5 Å². The number of amides is 2. The molecular weight excluding hydrogens is 368 g/mol. The summed E-state index contributed by atoms with van der Waals surface area (Å²) in [5, 5.41) is 5.25. The average molecular weight is 389 g/mol. The van der Waals surface area contributed by atoms with Gasteiger partial charge in [-0.1, -0.05) is 18.2 Å². The molecule has 0 aliphatic carbocycles. The van der Waals surface area contributed by atoms with E-state index in [0.717, 1.165) is 12.1 Å². The smallest absolute Gasteiger partial charge is 0.262 e. The van der Waals surface area contributed by atoms with Gasteiger partial charge in [-0.25, -0.2) is 8.78 Å². The lowest BCUT2D eigenvalue weighted by Crippen LogP contribution is -2.50. The molecule has 28 heavy (non-hydrogen) atoms. The van der Waals surface area contributed by atoms with E-state index < -0.39 is 23.8 Å². The molecule has 1 heterocycles. The highest BCUT2D eigenvalue weighted by molar-refractivity contribution is 5.86. The van der Waals surface area contributed by atoms with E-state index in [2.05, 4.69) is 10.6 Å². The first kappa shape index (κ1) is 19.6. The number of carbonyl (C=O) groups is 2. The monoisotopic (exact) mass is 389 g/mol. The van der Waals surface area contributed by atoms with E-state index in [0.29, 0.717) is 11.4 Å². The number of anilines is 1. The summed E-state index contributed by atoms with van der Waals surface area (Å²) < 4.78 is 32.7. The maximum Gasteiger partial charge on any atom is 0.262 e. The lowest BCUT2D eigenvalue weighted by molar-refractivity contribution is -0.127. The SMILES string of the molecule is CNC(=O)[C@H]1CN(CC(=O)N[C@@H](C)c2ccc(F)cc2F)c2ccccc2O1. The van der Waals surface area contributed by atoms with Gasteiger partial charge in [0.05, 0.1) is 24.8 Å². The number of nitrogens with one attached hydrogen (secondary N) is 2. The first-order chi connectivity index (χ1) is 13.4. The van der Waals surface area contributed by atoms with Gasteiger partial charge in [0.1, 0.15) is 17.4 Å². The second-order valence-corrected chi connectivity index (χ2v) is 6.52. The maximum atomic E-state index is 13.9. The fourth-order valence-electron chi connectivity index (χ4n) is 3.15. The van der Waals surface area contributed by atoms with Crippen LogP contribution in [0.25, 0.3) is 0 Å². The fourth-order valence-corrected chi connectivity index (χ4v) is 3.15. The van der Waals surface area contributed by atoms with Crippen LogP contribution in [-0.4, -0.2) is 38.1 Å². The second kappa shape index (κ2) is 8.24. The number of hydrogen-bond donors (Lipinski definition) is 2. The van der Waals surface area contributed by atoms with Gasteiger partial charge in [0.25, 0.3) is 5.91 Å². The number of benzene rings is 2. The van der Waals surface area contributed by atoms with Crippen molar-refractivity contribution in [3.05, 3.63) is 59.7 Å². The van der Waals surface area contributed by atoms with Crippen molar-refractivity contribution in [1.29, 1.82) is 0 Å². The summed E-state index contributed by atoms with van der Waals surface area (Å²) in [7, 11) is 1.52. The van der Waals surface area contributed by atoms with E-state index in [1.807, 2.05) is 6.07 Å². The van der Waals surface area contributed by atoms with Gasteiger partial charge in [0.2, 0.25) is 5.91 Å². The number of hydrogen-bond acceptors (Lipinski definition) is 4. The van der Waals surface area contributed by atoms with E-state index in [9.17, 15) is 18.4 Å². The van der Waals surface area contributed by atoms with Gasteiger partial charge in [-0.05, 0) is 25.1 Å². The Kier molecular flexibility index (Phi) is 5.77. The zero-order valence-electron chi connectivity index (χ0n) is 15.5. The quantitative estimate of drug-likeness (QED) is 0.822. The first-order valence-corrected chi connectivity index (χ1v) is 8.85. The molecule has 8 heteroatoms. The van der Waals surface area contributed by atoms with Gasteiger partial charge < -0.3 is 20.3 Å². The summed E-state index contributed by atoms with van der Waals surface area (Å²) in [5.74, 6) is -1.54. The van der Waals surface area contributed by atoms with Crippen LogP contribution in [0, 0.1) is 11.6 Å². The molecule has 6 nitrogen and oxygen atoms in total. The molecule has 0 spiro atoms. The van der Waals surface area contributed by atoms with E-state index in [1.54, 1.807) is 30.0 Å². The molecule has 0 saturated carbocycles. The molecule has 2 N–H and O–H groups in total. The van der Waals surface area contributed by atoms with Crippen LogP contribution >= 0.6 is 0 Å². The van der Waals surface area contributed by atoms with Gasteiger partial charge in [-0.3, -0.25) is 9.59 Å². The van der Waals surface area contributed by atoms with Crippen LogP contribution < -0.4 is 20.3 Å². The average Bonchev–Trinajstić information content (AvgIpc) is 2.66. The van der Waals surface area contributed by atoms with Gasteiger partial charge in [-0.2, -0.15) is 0 Å². The number of halogens is 2. The van der Waals surface area contributed by atoms with Gasteiger partial charge in [0, 0.05) is 18.7 Å². The van der Waals surface area contributed by atoms with Crippen molar-refractivity contribution in [1.82, 2.24) is 10.6 Å². The lowest BCUT2D eigenvalue weighted by atomic mass is 10.1. The number of fused-ring (bicyclic) bond motifs is 1. The van der Waals surface area contributed by atoms with Gasteiger partial charge >= 0.3 is 0 Å². The highest BCUT2D eigenvalue weighted by Crippen LogP contribution is 2.33. The molecule has 0 radical (unpaired) electrons. The Bertz CT molecular complexity index is 891. The summed E-state index contributed by atoms with van der Waals surface area (Å²) >= 11 is 0. The third-order valence-electron chi connectivity index (χ3n) is 4.54. The highest BCUT2D eigenvalue weighted by Gasteiger charge is 2.31. The summed E-state index contributed by atoms with van der Waals surface area (Å²) in [5.41, 5.74) is 0.888. The lowest BCUT2D eigenvalue weighted by Gasteiger charge is -2.35. The Morgan fingerprint density at radius 1 is 1.25 bits per heavy atom. The number of rotatable bonds is 5. The molecule has 148 valence electrons. The van der Waals surface area contributed by atoms with Gasteiger partial charge in [-0.15, -0.1) is 0 Å². The zero-order chi connectivity index (χ0) is 20.3. The molecule has 2 aromatic rings. The van der Waals surface area contributed by atoms with Crippen LogP contribution in [0.4, 0.5) is 14.5 Å². The summed E-state index contributed by atoms with van der Waals surface area (Å²) in [4.78, 5) is 26.3. The van der Waals surface area contributed by atoms with Crippen molar-refractivity contribution in [2.45, 2.75) is 19.1 Å². The van der Waals surface area contributed by atoms with Crippen molar-refractivity contribution in [2.75, 3.05) is 25.0 Å². The van der Waals surface area contributed by atoms with Crippen LogP contribution in [0.3, 0.4) is 0 Å². The summed E-state index contributed by atoms with van der Waals surface area (Å²) in [6.45, 7) is 1.78. The van der Waals surface area contributed by atoms with Crippen LogP contribution in [-0.2, 0) is 9.59 Å². The van der Waals surface area contributed by atoms with E-state index in [4.69, 9.17) is 4.74 Å². The number of likely N-dealkylation sites (N-methyl/N-ethyl adjacent to an activating group) is 1. The van der Waals surface area contributed by atoms with Crippen LogP contribution in [0.2, 0.25) is 0 Å². The molecule has 3 rings (SSSR count). The molecule has 1 aliphatic heterocycles. The van der Waals surface area contributed by atoms with Crippen LogP contribution in [0.1, 0.15) is 18.5 Å². The van der Waals surface area contributed by atoms with Crippen molar-refractivity contribution >= 4 is 17.5 Å². The van der Waals surface area contributed by atoms with Crippen molar-refractivity contribution in [3.63, 3.8) is 0 Å². The highest BCUT2D eigenvalue weighted by atomic mass is 19.1. The third kappa shape index (κ3) is 4.21. The molecule has 0 bridgehead atoms. The van der Waals surface area contributed by atoms with Crippen LogP contribution in [0.5, 0.6) is 5.75 Å². The standard InChI is InChI=1S/C20H21F2N3O3/c1-12(14-8-7-13(21)9-15(14)22)24-19(26)11-25-10-18(20(27)23-2)28-17-6-4-3-5-16(17)25/h3-9,12,18H,10-11H2,1-2H3,(H,23,27)(H,24,26)/t12-,18+/m0/s1. The number of nitrogens with zero attached hydrogens (tertiary/aromatic N) is 1. The van der Waals surface area contributed by atoms with Crippen LogP contribution in [0.15, 0.2) is 42.5 Å². The predicted octanol–water partition coefficient (Wildman–Crippen LogP) is 2.16. The molecular formula is C20H21F2N3O3. The minimum absolute atomic E-state index is 0.0407. The fraction of sp³-hybridized carbons (Fsp3) is 0.300. The number of ether oxygens (including phenoxy) is 1. The van der Waals surface area contributed by atoms with E-state index >= 15 is 0 Å². The number of para-hydroxylation sites is 2. The second-order valence-electron chi connectivity index (χ2n) is 6.52. The minimum atomic E-state index is -0.750. The molecule has 2 atom stereocenters. The largest absolute Gasteiger partial charge is 0.477 e. The van der Waals surface area contributed by atoms with Crippen molar-refractivity contribution < 1.29 is 23.1 Å². The predicted molar refractivity (Wildman–Crippen MR) is 100 cm³/mol. The Labute approximate surface area is 161 Å². The molecule has 1 aliphatic rings. The molecule has 0 aromatic heterocycles. The topological polar surface area (TPSA) is 70.7 Å². The Morgan fingerprint density at radius 2 is 2.00 bits per heavy atom.